The van der Waals surface area contributed by atoms with Crippen LogP contribution in [0.3, 0.4) is 0 Å². The number of hydrogen-bond acceptors (Lipinski definition) is 8. The van der Waals surface area contributed by atoms with E-state index in [9.17, 15) is 14.3 Å². The molecule has 3 N–H and O–H groups in total. The first-order chi connectivity index (χ1) is 17.8. The van der Waals surface area contributed by atoms with Gasteiger partial charge in [0.05, 0.1) is 33.4 Å². The minimum Gasteiger partial charge on any atom is -0.508 e. The highest BCUT2D eigenvalue weighted by Gasteiger charge is 2.21. The maximum absolute atomic E-state index is 14.1. The lowest BCUT2D eigenvalue weighted by atomic mass is 10.1. The Labute approximate surface area is 213 Å². The number of halogens is 1. The van der Waals surface area contributed by atoms with Crippen molar-refractivity contribution in [2.45, 2.75) is 20.4 Å². The Bertz CT molecular complexity index is 1890. The molecule has 0 saturated carbocycles. The molecule has 0 aliphatic carbocycles. The molecule has 0 aliphatic rings. The second kappa shape index (κ2) is 8.49. The lowest BCUT2D eigenvalue weighted by Gasteiger charge is -2.16. The molecule has 9 nitrogen and oxygen atoms in total. The van der Waals surface area contributed by atoms with Gasteiger partial charge in [-0.05, 0) is 55.2 Å². The molecule has 0 amide bonds. The maximum Gasteiger partial charge on any atom is 0.266 e. The fourth-order valence-electron chi connectivity index (χ4n) is 4.61. The van der Waals surface area contributed by atoms with Crippen LogP contribution in [-0.4, -0.2) is 33.8 Å². The average molecular weight is 514 g/mol. The molecular weight excluding hydrogens is 493 g/mol. The molecule has 0 aliphatic heterocycles. The zero-order chi connectivity index (χ0) is 25.8. The number of anilines is 1. The molecule has 0 saturated heterocycles. The van der Waals surface area contributed by atoms with Crippen LogP contribution < -0.4 is 11.3 Å². The molecule has 0 fully saturated rings. The van der Waals surface area contributed by atoms with Gasteiger partial charge in [0.15, 0.2) is 5.65 Å². The summed E-state index contributed by atoms with van der Waals surface area (Å²) in [4.78, 5) is 22.3. The summed E-state index contributed by atoms with van der Waals surface area (Å²) in [6.07, 6.45) is 1.33. The highest BCUT2D eigenvalue weighted by atomic mass is 32.1. The van der Waals surface area contributed by atoms with Gasteiger partial charge in [0.1, 0.15) is 29.4 Å². The van der Waals surface area contributed by atoms with Crippen molar-refractivity contribution in [2.24, 2.45) is 0 Å². The molecule has 11 heteroatoms. The number of nitrogens with zero attached hydrogens (tertiary/aromatic N) is 6. The van der Waals surface area contributed by atoms with E-state index in [1.165, 1.54) is 30.0 Å². The highest BCUT2D eigenvalue weighted by molar-refractivity contribution is 7.13. The molecule has 0 radical (unpaired) electrons. The first-order valence-corrected chi connectivity index (χ1v) is 12.1. The fraction of sp³-hybridized carbons (Fsp3) is 0.115. The standard InChI is InChI=1S/C26H20FN7O2S/c1-13-5-3-4-6-19(13)34-17(10-20-21(26(34)36)14(2)32-37-20)11-33-25-22(24(28)29-12-30-25)23(31-33)15-7-16(27)9-18(35)8-15/h3-10,12,35H,11H2,1-2H3,(H2,28,29,30). The summed E-state index contributed by atoms with van der Waals surface area (Å²) in [6, 6.07) is 13.2. The van der Waals surface area contributed by atoms with Gasteiger partial charge in [-0.2, -0.15) is 9.47 Å². The van der Waals surface area contributed by atoms with Crippen LogP contribution in [0.2, 0.25) is 0 Å². The van der Waals surface area contributed by atoms with Gasteiger partial charge in [-0.1, -0.05) is 18.2 Å². The minimum absolute atomic E-state index is 0.157. The zero-order valence-electron chi connectivity index (χ0n) is 19.8. The number of nitrogens with two attached hydrogens (primary N) is 1. The third kappa shape index (κ3) is 3.71. The molecule has 0 spiro atoms. The van der Waals surface area contributed by atoms with E-state index < -0.39 is 5.82 Å². The number of aryl methyl sites for hydroxylation is 2. The minimum atomic E-state index is -0.618. The number of para-hydroxylation sites is 1. The third-order valence-corrected chi connectivity index (χ3v) is 7.16. The van der Waals surface area contributed by atoms with Gasteiger partial charge in [0.25, 0.3) is 5.56 Å². The molecule has 184 valence electrons. The van der Waals surface area contributed by atoms with Crippen LogP contribution in [0.25, 0.3) is 38.1 Å². The number of phenols is 1. The van der Waals surface area contributed by atoms with Crippen LogP contribution in [0.1, 0.15) is 17.0 Å². The normalized spacial score (nSPS) is 11.5. The van der Waals surface area contributed by atoms with Crippen molar-refractivity contribution < 1.29 is 9.50 Å². The number of nitrogen functional groups attached to an aromatic ring is 1. The van der Waals surface area contributed by atoms with Crippen molar-refractivity contribution in [3.63, 3.8) is 0 Å². The van der Waals surface area contributed by atoms with Crippen molar-refractivity contribution in [3.05, 3.63) is 88.0 Å². The van der Waals surface area contributed by atoms with E-state index in [0.717, 1.165) is 22.0 Å². The Kier molecular flexibility index (Phi) is 5.23. The van der Waals surface area contributed by atoms with E-state index in [2.05, 4.69) is 14.3 Å². The Hall–Kier alpha value is -4.64. The summed E-state index contributed by atoms with van der Waals surface area (Å²) in [5.41, 5.74) is 10.1. The lowest BCUT2D eigenvalue weighted by Crippen LogP contribution is -2.24. The van der Waals surface area contributed by atoms with Crippen LogP contribution >= 0.6 is 11.5 Å². The SMILES string of the molecule is Cc1ccccc1-n1c(Cn2nc(-c3cc(O)cc(F)c3)c3c(N)ncnc32)cc2snc(C)c2c1=O. The number of rotatable bonds is 4. The fourth-order valence-corrected chi connectivity index (χ4v) is 5.45. The Balaban J connectivity index is 1.62. The van der Waals surface area contributed by atoms with Gasteiger partial charge in [0.2, 0.25) is 0 Å². The van der Waals surface area contributed by atoms with Gasteiger partial charge < -0.3 is 10.8 Å². The first-order valence-electron chi connectivity index (χ1n) is 11.4. The van der Waals surface area contributed by atoms with E-state index >= 15 is 0 Å². The molecule has 0 bridgehead atoms. The predicted molar refractivity (Wildman–Crippen MR) is 141 cm³/mol. The van der Waals surface area contributed by atoms with Crippen molar-refractivity contribution in [1.82, 2.24) is 28.7 Å². The molecule has 2 aromatic carbocycles. The quantitative estimate of drug-likeness (QED) is 0.359. The highest BCUT2D eigenvalue weighted by Crippen LogP contribution is 2.33. The zero-order valence-corrected chi connectivity index (χ0v) is 20.6. The van der Waals surface area contributed by atoms with Crippen LogP contribution in [0.5, 0.6) is 5.75 Å². The van der Waals surface area contributed by atoms with Crippen LogP contribution in [0, 0.1) is 19.7 Å². The predicted octanol–water partition coefficient (Wildman–Crippen LogP) is 4.35. The summed E-state index contributed by atoms with van der Waals surface area (Å²) < 4.78 is 22.6. The van der Waals surface area contributed by atoms with E-state index in [4.69, 9.17) is 10.8 Å². The lowest BCUT2D eigenvalue weighted by molar-refractivity contribution is 0.469. The van der Waals surface area contributed by atoms with Gasteiger partial charge in [-0.25, -0.2) is 19.0 Å². The Morgan fingerprint density at radius 3 is 2.68 bits per heavy atom. The van der Waals surface area contributed by atoms with Gasteiger partial charge in [-0.15, -0.1) is 0 Å². The second-order valence-corrected chi connectivity index (χ2v) is 9.54. The number of fused-ring (bicyclic) bond motifs is 2. The van der Waals surface area contributed by atoms with Gasteiger partial charge in [-0.3, -0.25) is 9.36 Å². The summed E-state index contributed by atoms with van der Waals surface area (Å²) in [7, 11) is 0. The van der Waals surface area contributed by atoms with Gasteiger partial charge in [0, 0.05) is 17.3 Å². The topological polar surface area (TPSA) is 125 Å². The average Bonchev–Trinajstić information content (AvgIpc) is 3.41. The van der Waals surface area contributed by atoms with E-state index in [0.29, 0.717) is 39.1 Å². The maximum atomic E-state index is 14.1. The number of benzene rings is 2. The Morgan fingerprint density at radius 1 is 1.08 bits per heavy atom. The largest absolute Gasteiger partial charge is 0.508 e. The van der Waals surface area contributed by atoms with E-state index in [1.807, 2.05) is 44.2 Å². The van der Waals surface area contributed by atoms with Crippen molar-refractivity contribution in [2.75, 3.05) is 5.73 Å². The van der Waals surface area contributed by atoms with Crippen LogP contribution in [0.15, 0.2) is 59.7 Å². The molecule has 4 heterocycles. The summed E-state index contributed by atoms with van der Waals surface area (Å²) in [5.74, 6) is -0.695. The van der Waals surface area contributed by atoms with E-state index in [-0.39, 0.29) is 23.7 Å². The van der Waals surface area contributed by atoms with Crippen LogP contribution in [-0.2, 0) is 6.54 Å². The van der Waals surface area contributed by atoms with Gasteiger partial charge >= 0.3 is 0 Å². The van der Waals surface area contributed by atoms with Crippen molar-refractivity contribution >= 4 is 38.5 Å². The number of hydrogen-bond donors (Lipinski definition) is 2. The Morgan fingerprint density at radius 2 is 1.89 bits per heavy atom. The van der Waals surface area contributed by atoms with Crippen molar-refractivity contribution in [1.29, 1.82) is 0 Å². The molecule has 0 unspecified atom stereocenters. The molecule has 6 rings (SSSR count). The molecule has 37 heavy (non-hydrogen) atoms. The summed E-state index contributed by atoms with van der Waals surface area (Å²) in [5, 5.41) is 15.7. The second-order valence-electron chi connectivity index (χ2n) is 8.73. The monoisotopic (exact) mass is 513 g/mol. The smallest absolute Gasteiger partial charge is 0.266 e. The van der Waals surface area contributed by atoms with Crippen molar-refractivity contribution in [3.8, 4) is 22.7 Å². The molecule has 4 aromatic heterocycles. The number of pyridine rings is 1. The third-order valence-electron chi connectivity index (χ3n) is 6.27. The molecule has 6 aromatic rings. The number of aromatic nitrogens is 6. The summed E-state index contributed by atoms with van der Waals surface area (Å²) in [6.45, 7) is 3.93. The summed E-state index contributed by atoms with van der Waals surface area (Å²) >= 11 is 1.26. The molecular formula is C26H20FN7O2S. The number of aromatic hydroxyl groups is 1. The van der Waals surface area contributed by atoms with Crippen LogP contribution in [0.4, 0.5) is 10.2 Å². The molecule has 0 atom stereocenters. The first kappa shape index (κ1) is 22.8. The van der Waals surface area contributed by atoms with E-state index in [1.54, 1.807) is 9.25 Å². The number of phenolic OH excluding ortho intramolecular Hbond substituents is 1.